The van der Waals surface area contributed by atoms with Crippen LogP contribution in [0.2, 0.25) is 5.02 Å². The lowest BCUT2D eigenvalue weighted by molar-refractivity contribution is 1.02. The average Bonchev–Trinajstić information content (AvgIpc) is 2.76. The van der Waals surface area contributed by atoms with E-state index in [0.717, 1.165) is 19.9 Å². The molecule has 0 atom stereocenters. The first kappa shape index (κ1) is 11.5. The molecule has 0 aliphatic heterocycles. The molecule has 2 rings (SSSR count). The fraction of sp³-hybridized carbons (Fsp3) is 0.0909. The summed E-state index contributed by atoms with van der Waals surface area (Å²) in [5.41, 5.74) is 1.02. The second kappa shape index (κ2) is 5.35. The molecule has 2 aromatic rings. The Morgan fingerprint density at radius 1 is 1.31 bits per heavy atom. The Kier molecular flexibility index (Phi) is 3.83. The topological polar surface area (TPSA) is 25.8 Å². The fourth-order valence-corrected chi connectivity index (χ4v) is 2.74. The number of benzene rings is 1. The lowest BCUT2D eigenvalue weighted by atomic mass is 10.2. The minimum Gasteiger partial charge on any atom is -0.137 e. The molecule has 0 spiro atoms. The highest BCUT2D eigenvalue weighted by molar-refractivity contribution is 8.01. The molecule has 0 saturated heterocycles. The van der Waals surface area contributed by atoms with Gasteiger partial charge in [-0.2, -0.15) is 0 Å². The maximum absolute atomic E-state index is 5.81. The van der Waals surface area contributed by atoms with Crippen LogP contribution in [0.15, 0.2) is 28.6 Å². The van der Waals surface area contributed by atoms with E-state index in [1.165, 1.54) is 23.1 Å². The molecular formula is C11H7ClN2S2. The minimum absolute atomic E-state index is 0.620. The van der Waals surface area contributed by atoms with Crippen molar-refractivity contribution in [1.29, 1.82) is 0 Å². The summed E-state index contributed by atoms with van der Waals surface area (Å²) in [5, 5.41) is 9.76. The Hall–Kier alpha value is -1.02. The van der Waals surface area contributed by atoms with Crippen LogP contribution in [-0.2, 0) is 0 Å². The van der Waals surface area contributed by atoms with Crippen LogP contribution in [0.1, 0.15) is 0 Å². The molecular weight excluding hydrogens is 260 g/mol. The van der Waals surface area contributed by atoms with Crippen molar-refractivity contribution in [3.05, 3.63) is 29.3 Å². The lowest BCUT2D eigenvalue weighted by Gasteiger charge is -1.93. The van der Waals surface area contributed by atoms with Gasteiger partial charge in [-0.3, -0.25) is 0 Å². The lowest BCUT2D eigenvalue weighted by Crippen LogP contribution is -1.76. The standard InChI is InChI=1S/C11H7ClN2S2/c1-2-7-15-11-14-13-10(16-11)8-3-5-9(12)6-4-8/h1,3-6H,7H2. The van der Waals surface area contributed by atoms with Gasteiger partial charge in [0.1, 0.15) is 5.01 Å². The average molecular weight is 267 g/mol. The van der Waals surface area contributed by atoms with Crippen molar-refractivity contribution in [3.63, 3.8) is 0 Å². The molecule has 0 fully saturated rings. The van der Waals surface area contributed by atoms with Gasteiger partial charge in [0.2, 0.25) is 0 Å². The van der Waals surface area contributed by atoms with Crippen LogP contribution in [-0.4, -0.2) is 16.0 Å². The highest BCUT2D eigenvalue weighted by atomic mass is 35.5. The van der Waals surface area contributed by atoms with Crippen LogP contribution in [0.25, 0.3) is 10.6 Å². The molecule has 0 aliphatic rings. The van der Waals surface area contributed by atoms with Crippen LogP contribution < -0.4 is 0 Å². The predicted octanol–water partition coefficient (Wildman–Crippen LogP) is 3.58. The quantitative estimate of drug-likeness (QED) is 0.627. The molecule has 2 nitrogen and oxygen atoms in total. The molecule has 1 aromatic carbocycles. The molecule has 0 saturated carbocycles. The van der Waals surface area contributed by atoms with Crippen molar-refractivity contribution in [2.24, 2.45) is 0 Å². The van der Waals surface area contributed by atoms with Gasteiger partial charge in [-0.15, -0.1) is 16.6 Å². The van der Waals surface area contributed by atoms with Crippen molar-refractivity contribution in [2.75, 3.05) is 5.75 Å². The summed E-state index contributed by atoms with van der Waals surface area (Å²) in [4.78, 5) is 0. The van der Waals surface area contributed by atoms with E-state index in [2.05, 4.69) is 16.1 Å². The first-order chi connectivity index (χ1) is 7.79. The van der Waals surface area contributed by atoms with Gasteiger partial charge in [0.15, 0.2) is 4.34 Å². The van der Waals surface area contributed by atoms with Gasteiger partial charge in [0, 0.05) is 10.6 Å². The van der Waals surface area contributed by atoms with Crippen molar-refractivity contribution < 1.29 is 0 Å². The van der Waals surface area contributed by atoms with Crippen molar-refractivity contribution >= 4 is 34.7 Å². The first-order valence-corrected chi connectivity index (χ1v) is 6.63. The second-order valence-corrected chi connectivity index (χ2v) is 5.51. The van der Waals surface area contributed by atoms with Crippen LogP contribution in [0, 0.1) is 12.3 Å². The maximum atomic E-state index is 5.81. The third kappa shape index (κ3) is 2.76. The van der Waals surface area contributed by atoms with Gasteiger partial charge in [0.25, 0.3) is 0 Å². The summed E-state index contributed by atoms with van der Waals surface area (Å²) < 4.78 is 0.892. The van der Waals surface area contributed by atoms with Crippen LogP contribution in [0.5, 0.6) is 0 Å². The number of hydrogen-bond acceptors (Lipinski definition) is 4. The summed E-state index contributed by atoms with van der Waals surface area (Å²) in [7, 11) is 0. The molecule has 0 bridgehead atoms. The highest BCUT2D eigenvalue weighted by Crippen LogP contribution is 2.29. The van der Waals surface area contributed by atoms with Crippen molar-refractivity contribution in [1.82, 2.24) is 10.2 Å². The number of nitrogens with zero attached hydrogens (tertiary/aromatic N) is 2. The van der Waals surface area contributed by atoms with Crippen molar-refractivity contribution in [2.45, 2.75) is 4.34 Å². The molecule has 5 heteroatoms. The largest absolute Gasteiger partial charge is 0.175 e. The van der Waals surface area contributed by atoms with E-state index >= 15 is 0 Å². The van der Waals surface area contributed by atoms with Gasteiger partial charge < -0.3 is 0 Å². The zero-order valence-electron chi connectivity index (χ0n) is 8.18. The summed E-state index contributed by atoms with van der Waals surface area (Å²) in [6, 6.07) is 7.54. The van der Waals surface area contributed by atoms with Gasteiger partial charge in [-0.05, 0) is 12.1 Å². The molecule has 80 valence electrons. The Balaban J connectivity index is 2.18. The van der Waals surface area contributed by atoms with Crippen LogP contribution >= 0.6 is 34.7 Å². The van der Waals surface area contributed by atoms with Crippen LogP contribution in [0.3, 0.4) is 0 Å². The summed E-state index contributed by atoms with van der Waals surface area (Å²) in [6.45, 7) is 0. The van der Waals surface area contributed by atoms with E-state index in [1.54, 1.807) is 0 Å². The number of hydrogen-bond donors (Lipinski definition) is 0. The highest BCUT2D eigenvalue weighted by Gasteiger charge is 2.06. The molecule has 16 heavy (non-hydrogen) atoms. The number of thioether (sulfide) groups is 1. The Morgan fingerprint density at radius 3 is 2.75 bits per heavy atom. The Labute approximate surface area is 107 Å². The normalized spacial score (nSPS) is 10.0. The molecule has 1 aromatic heterocycles. The third-order valence-electron chi connectivity index (χ3n) is 1.78. The number of aromatic nitrogens is 2. The van der Waals surface area contributed by atoms with E-state index in [9.17, 15) is 0 Å². The second-order valence-electron chi connectivity index (χ2n) is 2.87. The maximum Gasteiger partial charge on any atom is 0.175 e. The zero-order valence-corrected chi connectivity index (χ0v) is 10.6. The van der Waals surface area contributed by atoms with Gasteiger partial charge in [-0.1, -0.05) is 52.8 Å². The van der Waals surface area contributed by atoms with E-state index in [1.807, 2.05) is 24.3 Å². The fourth-order valence-electron chi connectivity index (χ4n) is 1.08. The minimum atomic E-state index is 0.620. The summed E-state index contributed by atoms with van der Waals surface area (Å²) >= 11 is 8.87. The molecule has 0 amide bonds. The SMILES string of the molecule is C#CCSc1nnc(-c2ccc(Cl)cc2)s1. The predicted molar refractivity (Wildman–Crippen MR) is 69.9 cm³/mol. The first-order valence-electron chi connectivity index (χ1n) is 4.45. The summed E-state index contributed by atoms with van der Waals surface area (Å²) in [5.74, 6) is 3.18. The number of terminal acetylenes is 1. The molecule has 0 radical (unpaired) electrons. The van der Waals surface area contributed by atoms with E-state index in [4.69, 9.17) is 18.0 Å². The number of rotatable bonds is 3. The van der Waals surface area contributed by atoms with Crippen LogP contribution in [0.4, 0.5) is 0 Å². The smallest absolute Gasteiger partial charge is 0.137 e. The third-order valence-corrected chi connectivity index (χ3v) is 4.04. The molecule has 0 aliphatic carbocycles. The number of halogens is 1. The molecule has 0 N–H and O–H groups in total. The summed E-state index contributed by atoms with van der Waals surface area (Å²) in [6.07, 6.45) is 5.18. The van der Waals surface area contributed by atoms with E-state index < -0.39 is 0 Å². The van der Waals surface area contributed by atoms with E-state index in [-0.39, 0.29) is 0 Å². The molecule has 0 unspecified atom stereocenters. The molecule has 1 heterocycles. The van der Waals surface area contributed by atoms with Gasteiger partial charge in [0.05, 0.1) is 5.75 Å². The van der Waals surface area contributed by atoms with Crippen molar-refractivity contribution in [3.8, 4) is 22.9 Å². The monoisotopic (exact) mass is 266 g/mol. The van der Waals surface area contributed by atoms with Gasteiger partial charge in [-0.25, -0.2) is 0 Å². The zero-order chi connectivity index (χ0) is 11.4. The van der Waals surface area contributed by atoms with E-state index in [0.29, 0.717) is 5.75 Å². The Bertz CT molecular complexity index is 514. The van der Waals surface area contributed by atoms with Gasteiger partial charge >= 0.3 is 0 Å². The Morgan fingerprint density at radius 2 is 2.06 bits per heavy atom.